The molecule has 0 aliphatic carbocycles. The van der Waals surface area contributed by atoms with E-state index >= 15 is 0 Å². The number of carbonyl (C=O) groups excluding carboxylic acids is 1. The molecule has 27 heavy (non-hydrogen) atoms. The van der Waals surface area contributed by atoms with E-state index in [0.29, 0.717) is 30.3 Å². The Morgan fingerprint density at radius 3 is 2.70 bits per heavy atom. The summed E-state index contributed by atoms with van der Waals surface area (Å²) in [6.45, 7) is 1.96. The number of hydrogen-bond acceptors (Lipinski definition) is 3. The molecular weight excluding hydrogens is 345 g/mol. The van der Waals surface area contributed by atoms with Crippen LogP contribution < -0.4 is 4.90 Å². The normalized spacial score (nSPS) is 16.4. The van der Waals surface area contributed by atoms with E-state index in [0.717, 1.165) is 18.7 Å². The number of rotatable bonds is 5. The molecule has 2 heterocycles. The molecule has 0 unspecified atom stereocenters. The minimum absolute atomic E-state index is 0.157. The fourth-order valence-electron chi connectivity index (χ4n) is 3.26. The Kier molecular flexibility index (Phi) is 4.98. The van der Waals surface area contributed by atoms with Crippen molar-refractivity contribution in [2.24, 2.45) is 5.92 Å². The van der Waals surface area contributed by atoms with Crippen molar-refractivity contribution in [2.45, 2.75) is 6.42 Å². The molecule has 1 amide bonds. The average Bonchev–Trinajstić information content (AvgIpc) is 3.39. The Labute approximate surface area is 157 Å². The summed E-state index contributed by atoms with van der Waals surface area (Å²) >= 11 is 0. The lowest BCUT2D eigenvalue weighted by atomic mass is 10.1. The van der Waals surface area contributed by atoms with Gasteiger partial charge in [-0.1, -0.05) is 30.3 Å². The molecule has 0 spiro atoms. The lowest BCUT2D eigenvalue weighted by molar-refractivity contribution is 0.0981. The summed E-state index contributed by atoms with van der Waals surface area (Å²) in [7, 11) is 0. The lowest BCUT2D eigenvalue weighted by Gasteiger charge is -2.25. The van der Waals surface area contributed by atoms with Gasteiger partial charge in [0.2, 0.25) is 0 Å². The lowest BCUT2D eigenvalue weighted by Crippen LogP contribution is -2.35. The Hall–Kier alpha value is -2.99. The Morgan fingerprint density at radius 2 is 1.96 bits per heavy atom. The highest BCUT2D eigenvalue weighted by atomic mass is 19.1. The van der Waals surface area contributed by atoms with Gasteiger partial charge in [0.25, 0.3) is 5.91 Å². The van der Waals surface area contributed by atoms with Crippen LogP contribution in [0.15, 0.2) is 67.0 Å². The van der Waals surface area contributed by atoms with Crippen LogP contribution in [0.4, 0.5) is 10.1 Å². The largest absolute Gasteiger partial charge is 0.381 e. The zero-order valence-corrected chi connectivity index (χ0v) is 14.8. The molecule has 2 aromatic carbocycles. The smallest absolute Gasteiger partial charge is 0.261 e. The second-order valence-electron chi connectivity index (χ2n) is 6.61. The molecule has 1 aliphatic heterocycles. The van der Waals surface area contributed by atoms with Gasteiger partial charge >= 0.3 is 0 Å². The van der Waals surface area contributed by atoms with Gasteiger partial charge in [0.15, 0.2) is 0 Å². The minimum Gasteiger partial charge on any atom is -0.381 e. The van der Waals surface area contributed by atoms with Gasteiger partial charge in [0.05, 0.1) is 18.4 Å². The summed E-state index contributed by atoms with van der Waals surface area (Å²) in [6.07, 6.45) is 3.99. The second-order valence-corrected chi connectivity index (χ2v) is 6.61. The zero-order valence-electron chi connectivity index (χ0n) is 14.8. The molecule has 138 valence electrons. The molecule has 6 heteroatoms. The molecule has 4 rings (SSSR count). The molecule has 1 saturated heterocycles. The molecule has 5 nitrogen and oxygen atoms in total. The molecule has 0 radical (unpaired) electrons. The zero-order chi connectivity index (χ0) is 18.6. The van der Waals surface area contributed by atoms with E-state index < -0.39 is 0 Å². The number of halogens is 1. The highest BCUT2D eigenvalue weighted by Crippen LogP contribution is 2.22. The fourth-order valence-corrected chi connectivity index (χ4v) is 3.26. The van der Waals surface area contributed by atoms with E-state index in [1.165, 1.54) is 16.9 Å². The van der Waals surface area contributed by atoms with E-state index in [9.17, 15) is 9.18 Å². The summed E-state index contributed by atoms with van der Waals surface area (Å²) in [5.74, 6) is -0.242. The van der Waals surface area contributed by atoms with Crippen LogP contribution >= 0.6 is 0 Å². The predicted octanol–water partition coefficient (Wildman–Crippen LogP) is 3.69. The maximum absolute atomic E-state index is 14.0. The number of anilines is 1. The summed E-state index contributed by atoms with van der Waals surface area (Å²) in [6, 6.07) is 15.9. The summed E-state index contributed by atoms with van der Waals surface area (Å²) in [5.41, 5.74) is 1.56. The Morgan fingerprint density at radius 1 is 1.19 bits per heavy atom. The van der Waals surface area contributed by atoms with Crippen LogP contribution in [0.2, 0.25) is 0 Å². The van der Waals surface area contributed by atoms with Gasteiger partial charge in [-0.15, -0.1) is 0 Å². The molecule has 1 fully saturated rings. The van der Waals surface area contributed by atoms with Gasteiger partial charge in [-0.2, -0.15) is 5.10 Å². The van der Waals surface area contributed by atoms with Crippen molar-refractivity contribution >= 4 is 11.6 Å². The number of para-hydroxylation sites is 2. The van der Waals surface area contributed by atoms with Crippen LogP contribution in [0.5, 0.6) is 0 Å². The third-order valence-corrected chi connectivity index (χ3v) is 4.71. The van der Waals surface area contributed by atoms with Gasteiger partial charge in [-0.25, -0.2) is 9.07 Å². The Bertz CT molecular complexity index is 920. The van der Waals surface area contributed by atoms with Crippen LogP contribution in [0.25, 0.3) is 5.69 Å². The van der Waals surface area contributed by atoms with Crippen molar-refractivity contribution in [3.63, 3.8) is 0 Å². The molecule has 0 saturated carbocycles. The SMILES string of the molecule is O=C(c1cnn(-c2ccccc2F)c1)N(C[C@@H]1CCOC1)c1ccccc1. The molecule has 0 bridgehead atoms. The second kappa shape index (κ2) is 7.72. The van der Waals surface area contributed by atoms with Gasteiger partial charge in [-0.3, -0.25) is 4.79 Å². The molecule has 0 N–H and O–H groups in total. The first kappa shape index (κ1) is 17.4. The van der Waals surface area contributed by atoms with Crippen molar-refractivity contribution in [1.82, 2.24) is 9.78 Å². The van der Waals surface area contributed by atoms with Crippen LogP contribution in [0.1, 0.15) is 16.8 Å². The highest BCUT2D eigenvalue weighted by Gasteiger charge is 2.25. The van der Waals surface area contributed by atoms with Crippen LogP contribution in [-0.4, -0.2) is 35.4 Å². The number of benzene rings is 2. The first-order valence-corrected chi connectivity index (χ1v) is 8.96. The van der Waals surface area contributed by atoms with Crippen LogP contribution in [-0.2, 0) is 4.74 Å². The number of hydrogen-bond donors (Lipinski definition) is 0. The summed E-state index contributed by atoms with van der Waals surface area (Å²) in [4.78, 5) is 15.0. The van der Waals surface area contributed by atoms with Crippen LogP contribution in [0, 0.1) is 11.7 Å². The van der Waals surface area contributed by atoms with Gasteiger partial charge in [0, 0.05) is 31.0 Å². The minimum atomic E-state index is -0.386. The van der Waals surface area contributed by atoms with Crippen molar-refractivity contribution in [2.75, 3.05) is 24.7 Å². The van der Waals surface area contributed by atoms with Crippen molar-refractivity contribution in [3.8, 4) is 5.69 Å². The van der Waals surface area contributed by atoms with Gasteiger partial charge in [0.1, 0.15) is 11.5 Å². The number of ether oxygens (including phenoxy) is 1. The molecule has 3 aromatic rings. The van der Waals surface area contributed by atoms with Gasteiger partial charge < -0.3 is 9.64 Å². The molecule has 1 aromatic heterocycles. The first-order chi connectivity index (χ1) is 13.2. The monoisotopic (exact) mass is 365 g/mol. The molecular formula is C21H20FN3O2. The van der Waals surface area contributed by atoms with Crippen molar-refractivity contribution < 1.29 is 13.9 Å². The summed E-state index contributed by atoms with van der Waals surface area (Å²) < 4.78 is 20.9. The fraction of sp³-hybridized carbons (Fsp3) is 0.238. The van der Waals surface area contributed by atoms with Crippen LogP contribution in [0.3, 0.4) is 0 Å². The quantitative estimate of drug-likeness (QED) is 0.693. The highest BCUT2D eigenvalue weighted by molar-refractivity contribution is 6.05. The number of amides is 1. The van der Waals surface area contributed by atoms with Crippen molar-refractivity contribution in [1.29, 1.82) is 0 Å². The van der Waals surface area contributed by atoms with Crippen molar-refractivity contribution in [3.05, 3.63) is 78.4 Å². The van der Waals surface area contributed by atoms with E-state index in [-0.39, 0.29) is 11.7 Å². The maximum Gasteiger partial charge on any atom is 0.261 e. The first-order valence-electron chi connectivity index (χ1n) is 8.96. The average molecular weight is 365 g/mol. The third-order valence-electron chi connectivity index (χ3n) is 4.71. The number of aromatic nitrogens is 2. The van der Waals surface area contributed by atoms with Gasteiger partial charge in [-0.05, 0) is 30.7 Å². The van der Waals surface area contributed by atoms with E-state index in [2.05, 4.69) is 5.10 Å². The summed E-state index contributed by atoms with van der Waals surface area (Å²) in [5, 5.41) is 4.18. The number of nitrogens with zero attached hydrogens (tertiary/aromatic N) is 3. The molecule has 1 atom stereocenters. The molecule has 1 aliphatic rings. The number of carbonyl (C=O) groups is 1. The van der Waals surface area contributed by atoms with E-state index in [4.69, 9.17) is 4.74 Å². The van der Waals surface area contributed by atoms with E-state index in [1.54, 1.807) is 29.3 Å². The Balaban J connectivity index is 1.62. The van der Waals surface area contributed by atoms with E-state index in [1.807, 2.05) is 30.3 Å². The predicted molar refractivity (Wildman–Crippen MR) is 101 cm³/mol. The standard InChI is InChI=1S/C21H20FN3O2/c22-19-8-4-5-9-20(19)25-14-17(12-23-25)21(26)24(13-16-10-11-27-15-16)18-6-2-1-3-7-18/h1-9,12,14,16H,10-11,13,15H2/t16-/m0/s1. The third kappa shape index (κ3) is 3.75. The maximum atomic E-state index is 14.0. The topological polar surface area (TPSA) is 47.4 Å².